The molecule has 0 saturated carbocycles. The van der Waals surface area contributed by atoms with Crippen LogP contribution in [0, 0.1) is 6.92 Å². The van der Waals surface area contributed by atoms with E-state index < -0.39 is 11.9 Å². The molecular weight excluding hydrogens is 412 g/mol. The molecule has 166 valence electrons. The number of nitrogens with one attached hydrogen (secondary N) is 2. The van der Waals surface area contributed by atoms with Crippen molar-refractivity contribution in [3.63, 3.8) is 0 Å². The van der Waals surface area contributed by atoms with Crippen LogP contribution in [0.3, 0.4) is 0 Å². The first kappa shape index (κ1) is 21.4. The van der Waals surface area contributed by atoms with Gasteiger partial charge in [0.1, 0.15) is 23.4 Å². The Bertz CT molecular complexity index is 1270. The summed E-state index contributed by atoms with van der Waals surface area (Å²) in [6.07, 6.45) is 0.439. The zero-order chi connectivity index (χ0) is 22.8. The highest BCUT2D eigenvalue weighted by atomic mass is 16.5. The molecule has 1 aromatic heterocycles. The van der Waals surface area contributed by atoms with E-state index in [9.17, 15) is 14.4 Å². The number of rotatable bonds is 6. The van der Waals surface area contributed by atoms with Crippen LogP contribution in [0.4, 0.5) is 5.69 Å². The third-order valence-electron chi connectivity index (χ3n) is 5.59. The zero-order valence-electron chi connectivity index (χ0n) is 18.1. The predicted molar refractivity (Wildman–Crippen MR) is 119 cm³/mol. The number of piperidine rings is 1. The van der Waals surface area contributed by atoms with Gasteiger partial charge in [0.05, 0.1) is 25.1 Å². The lowest BCUT2D eigenvalue weighted by molar-refractivity contribution is -0.135. The van der Waals surface area contributed by atoms with E-state index in [1.807, 2.05) is 18.2 Å². The zero-order valence-corrected chi connectivity index (χ0v) is 18.1. The Morgan fingerprint density at radius 2 is 1.97 bits per heavy atom. The summed E-state index contributed by atoms with van der Waals surface area (Å²) in [4.78, 5) is 42.0. The topological polar surface area (TPSA) is 112 Å². The highest BCUT2D eigenvalue weighted by Crippen LogP contribution is 2.27. The summed E-state index contributed by atoms with van der Waals surface area (Å²) in [5, 5.41) is 5.99. The average Bonchev–Trinajstić information content (AvgIpc) is 2.78. The lowest BCUT2D eigenvalue weighted by Gasteiger charge is -2.24. The summed E-state index contributed by atoms with van der Waals surface area (Å²) in [5.74, 6) is 0.947. The van der Waals surface area contributed by atoms with Crippen molar-refractivity contribution in [3.05, 3.63) is 58.1 Å². The Morgan fingerprint density at radius 3 is 2.69 bits per heavy atom. The second-order valence-corrected chi connectivity index (χ2v) is 7.53. The van der Waals surface area contributed by atoms with Crippen molar-refractivity contribution in [2.24, 2.45) is 0 Å². The molecule has 9 nitrogen and oxygen atoms in total. The maximum Gasteiger partial charge on any atom is 0.264 e. The Labute approximate surface area is 184 Å². The van der Waals surface area contributed by atoms with Crippen LogP contribution < -0.4 is 25.7 Å². The van der Waals surface area contributed by atoms with Gasteiger partial charge in [0.15, 0.2) is 0 Å². The summed E-state index contributed by atoms with van der Waals surface area (Å²) < 4.78 is 12.1. The smallest absolute Gasteiger partial charge is 0.264 e. The molecular formula is C23H24N4O5. The van der Waals surface area contributed by atoms with Crippen LogP contribution in [0.15, 0.2) is 41.2 Å². The van der Waals surface area contributed by atoms with Crippen molar-refractivity contribution < 1.29 is 19.1 Å². The van der Waals surface area contributed by atoms with Gasteiger partial charge in [-0.15, -0.1) is 0 Å². The monoisotopic (exact) mass is 436 g/mol. The number of aryl methyl sites for hydroxylation is 1. The Morgan fingerprint density at radius 1 is 1.16 bits per heavy atom. The summed E-state index contributed by atoms with van der Waals surface area (Å²) in [6.45, 7) is 2.09. The van der Waals surface area contributed by atoms with Gasteiger partial charge in [-0.05, 0) is 37.6 Å². The van der Waals surface area contributed by atoms with Crippen LogP contribution in [0.25, 0.3) is 10.9 Å². The van der Waals surface area contributed by atoms with E-state index >= 15 is 0 Å². The molecule has 3 aromatic rings. The molecule has 2 heterocycles. The third kappa shape index (κ3) is 3.89. The Balaban J connectivity index is 1.73. The van der Waals surface area contributed by atoms with Crippen LogP contribution in [0.1, 0.15) is 30.3 Å². The van der Waals surface area contributed by atoms with Gasteiger partial charge in [-0.3, -0.25) is 24.3 Å². The molecule has 4 rings (SSSR count). The van der Waals surface area contributed by atoms with Gasteiger partial charge < -0.3 is 14.8 Å². The number of imide groups is 1. The maximum atomic E-state index is 13.5. The number of fused-ring (bicyclic) bond motifs is 1. The minimum atomic E-state index is -0.771. The molecule has 32 heavy (non-hydrogen) atoms. The standard InChI is InChI=1S/C23H24N4O5/c1-13-25-17-6-4-5-16(24-12-14-7-8-15(31-2)11-19(14)32-3)21(17)23(30)27(13)18-9-10-20(28)26-22(18)29/h4-8,11,18,24H,9-10,12H2,1-3H3,(H,26,28,29). The van der Waals surface area contributed by atoms with Crippen LogP contribution in [0.2, 0.25) is 0 Å². The van der Waals surface area contributed by atoms with E-state index in [-0.39, 0.29) is 24.3 Å². The first-order valence-electron chi connectivity index (χ1n) is 10.2. The minimum absolute atomic E-state index is 0.178. The largest absolute Gasteiger partial charge is 0.497 e. The van der Waals surface area contributed by atoms with E-state index in [0.29, 0.717) is 40.5 Å². The molecule has 2 amide bonds. The molecule has 0 spiro atoms. The molecule has 2 aromatic carbocycles. The molecule has 1 atom stereocenters. The summed E-state index contributed by atoms with van der Waals surface area (Å²) in [7, 11) is 3.17. The maximum absolute atomic E-state index is 13.5. The highest BCUT2D eigenvalue weighted by molar-refractivity contribution is 5.99. The van der Waals surface area contributed by atoms with Crippen molar-refractivity contribution >= 4 is 28.4 Å². The van der Waals surface area contributed by atoms with Crippen molar-refractivity contribution in [2.75, 3.05) is 19.5 Å². The van der Waals surface area contributed by atoms with E-state index in [1.165, 1.54) is 4.57 Å². The first-order valence-corrected chi connectivity index (χ1v) is 10.2. The second-order valence-electron chi connectivity index (χ2n) is 7.53. The Kier molecular flexibility index (Phi) is 5.81. The number of carbonyl (C=O) groups excluding carboxylic acids is 2. The average molecular weight is 436 g/mol. The van der Waals surface area contributed by atoms with Crippen molar-refractivity contribution in [1.82, 2.24) is 14.9 Å². The lowest BCUT2D eigenvalue weighted by atomic mass is 10.1. The van der Waals surface area contributed by atoms with E-state index in [4.69, 9.17) is 9.47 Å². The molecule has 1 unspecified atom stereocenters. The number of hydrogen-bond acceptors (Lipinski definition) is 7. The molecule has 1 saturated heterocycles. The third-order valence-corrected chi connectivity index (χ3v) is 5.59. The number of methoxy groups -OCH3 is 2. The van der Waals surface area contributed by atoms with Crippen molar-refractivity contribution in [3.8, 4) is 11.5 Å². The molecule has 0 aliphatic carbocycles. The fraction of sp³-hybridized carbons (Fsp3) is 0.304. The van der Waals surface area contributed by atoms with Gasteiger partial charge >= 0.3 is 0 Å². The van der Waals surface area contributed by atoms with Gasteiger partial charge in [0.25, 0.3) is 5.56 Å². The molecule has 0 radical (unpaired) electrons. The van der Waals surface area contributed by atoms with Crippen LogP contribution in [-0.2, 0) is 16.1 Å². The molecule has 0 bridgehead atoms. The number of aromatic nitrogens is 2. The second kappa shape index (κ2) is 8.70. The predicted octanol–water partition coefficient (Wildman–Crippen LogP) is 2.31. The van der Waals surface area contributed by atoms with Crippen LogP contribution in [0.5, 0.6) is 11.5 Å². The normalized spacial score (nSPS) is 16.0. The Hall–Kier alpha value is -3.88. The van der Waals surface area contributed by atoms with E-state index in [2.05, 4.69) is 15.6 Å². The van der Waals surface area contributed by atoms with Gasteiger partial charge in [0, 0.05) is 30.3 Å². The summed E-state index contributed by atoms with van der Waals surface area (Å²) >= 11 is 0. The summed E-state index contributed by atoms with van der Waals surface area (Å²) in [5.41, 5.74) is 1.68. The van der Waals surface area contributed by atoms with Gasteiger partial charge in [-0.1, -0.05) is 6.07 Å². The van der Waals surface area contributed by atoms with Gasteiger partial charge in [0.2, 0.25) is 11.8 Å². The summed E-state index contributed by atoms with van der Waals surface area (Å²) in [6, 6.07) is 10.1. The van der Waals surface area contributed by atoms with Gasteiger partial charge in [-0.25, -0.2) is 4.98 Å². The number of benzene rings is 2. The van der Waals surface area contributed by atoms with Crippen molar-refractivity contribution in [2.45, 2.75) is 32.4 Å². The quantitative estimate of drug-likeness (QED) is 0.571. The first-order chi connectivity index (χ1) is 15.4. The molecule has 1 aliphatic rings. The number of nitrogens with zero attached hydrogens (tertiary/aromatic N) is 2. The molecule has 1 fully saturated rings. The number of amides is 2. The van der Waals surface area contributed by atoms with Crippen LogP contribution in [-0.4, -0.2) is 35.6 Å². The fourth-order valence-corrected chi connectivity index (χ4v) is 3.98. The number of ether oxygens (including phenoxy) is 2. The number of carbonyl (C=O) groups is 2. The number of anilines is 1. The van der Waals surface area contributed by atoms with Gasteiger partial charge in [-0.2, -0.15) is 0 Å². The minimum Gasteiger partial charge on any atom is -0.497 e. The van der Waals surface area contributed by atoms with E-state index in [1.54, 1.807) is 39.3 Å². The van der Waals surface area contributed by atoms with Crippen LogP contribution >= 0.6 is 0 Å². The van der Waals surface area contributed by atoms with E-state index in [0.717, 1.165) is 5.56 Å². The highest BCUT2D eigenvalue weighted by Gasteiger charge is 2.30. The molecule has 1 aliphatic heterocycles. The number of hydrogen-bond donors (Lipinski definition) is 2. The SMILES string of the molecule is COc1ccc(CNc2cccc3nc(C)n(C4CCC(=O)NC4=O)c(=O)c23)c(OC)c1. The lowest BCUT2D eigenvalue weighted by Crippen LogP contribution is -2.45. The van der Waals surface area contributed by atoms with Crippen molar-refractivity contribution in [1.29, 1.82) is 0 Å². The molecule has 2 N–H and O–H groups in total. The fourth-order valence-electron chi connectivity index (χ4n) is 3.98. The molecule has 9 heteroatoms.